The van der Waals surface area contributed by atoms with Crippen molar-refractivity contribution < 1.29 is 0 Å². The first kappa shape index (κ1) is 16.5. The number of hydrogen-bond donors (Lipinski definition) is 0. The predicted octanol–water partition coefficient (Wildman–Crippen LogP) is 5.30. The summed E-state index contributed by atoms with van der Waals surface area (Å²) in [7, 11) is 0. The zero-order valence-corrected chi connectivity index (χ0v) is 14.6. The normalized spacial score (nSPS) is 12.4. The molecular formula is C20H20ClN3. The summed E-state index contributed by atoms with van der Waals surface area (Å²) in [6.07, 6.45) is 6.27. The summed E-state index contributed by atoms with van der Waals surface area (Å²) in [6.45, 7) is 4.49. The summed E-state index contributed by atoms with van der Waals surface area (Å²) >= 11 is 5.99. The number of rotatable bonds is 5. The van der Waals surface area contributed by atoms with Crippen LogP contribution in [0, 0.1) is 0 Å². The van der Waals surface area contributed by atoms with E-state index in [-0.39, 0.29) is 5.41 Å². The van der Waals surface area contributed by atoms with Crippen molar-refractivity contribution in [1.29, 1.82) is 0 Å². The molecule has 0 bridgehead atoms. The first-order valence-electron chi connectivity index (χ1n) is 7.91. The molecule has 0 aliphatic heterocycles. The van der Waals surface area contributed by atoms with Gasteiger partial charge in [-0.05, 0) is 41.2 Å². The fourth-order valence-corrected chi connectivity index (χ4v) is 2.88. The molecule has 2 aromatic carbocycles. The minimum atomic E-state index is -0.0224. The van der Waals surface area contributed by atoms with Gasteiger partial charge in [-0.2, -0.15) is 5.10 Å². The average molecular weight is 338 g/mol. The van der Waals surface area contributed by atoms with Gasteiger partial charge >= 0.3 is 0 Å². The van der Waals surface area contributed by atoms with Crippen LogP contribution in [0.5, 0.6) is 0 Å². The van der Waals surface area contributed by atoms with Crippen molar-refractivity contribution in [3.05, 3.63) is 83.4 Å². The molecule has 0 N–H and O–H groups in total. The fourth-order valence-electron chi connectivity index (χ4n) is 2.75. The smallest absolute Gasteiger partial charge is 0.138 e. The molecule has 1 heterocycles. The Bertz CT molecular complexity index is 804. The first-order valence-corrected chi connectivity index (χ1v) is 8.29. The third kappa shape index (κ3) is 3.92. The molecule has 3 nitrogen and oxygen atoms in total. The van der Waals surface area contributed by atoms with Crippen LogP contribution in [0.4, 0.5) is 0 Å². The van der Waals surface area contributed by atoms with E-state index in [1.807, 2.05) is 35.0 Å². The standard InChI is InChI=1S/C20H20ClN3/c1-20(2,17-6-4-3-5-7-17)13-19(24-15-22-14-23-24)12-16-8-10-18(21)11-9-16/h3-12,14-15H,13H2,1-2H3. The van der Waals surface area contributed by atoms with Gasteiger partial charge < -0.3 is 0 Å². The summed E-state index contributed by atoms with van der Waals surface area (Å²) in [5.74, 6) is 0. The second-order valence-corrected chi connectivity index (χ2v) is 6.89. The van der Waals surface area contributed by atoms with Crippen LogP contribution in [0.15, 0.2) is 67.3 Å². The van der Waals surface area contributed by atoms with Crippen LogP contribution in [0.3, 0.4) is 0 Å². The van der Waals surface area contributed by atoms with E-state index in [4.69, 9.17) is 11.6 Å². The highest BCUT2D eigenvalue weighted by atomic mass is 35.5. The van der Waals surface area contributed by atoms with Gasteiger partial charge in [0, 0.05) is 10.7 Å². The average Bonchev–Trinajstić information content (AvgIpc) is 3.11. The molecule has 24 heavy (non-hydrogen) atoms. The molecule has 0 amide bonds. The Morgan fingerprint density at radius 1 is 1.08 bits per heavy atom. The molecular weight excluding hydrogens is 318 g/mol. The predicted molar refractivity (Wildman–Crippen MR) is 99.7 cm³/mol. The monoisotopic (exact) mass is 337 g/mol. The third-order valence-electron chi connectivity index (χ3n) is 4.09. The summed E-state index contributed by atoms with van der Waals surface area (Å²) in [5, 5.41) is 5.05. The van der Waals surface area contributed by atoms with Crippen LogP contribution in [-0.4, -0.2) is 14.8 Å². The molecule has 0 atom stereocenters. The Hall–Kier alpha value is -2.39. The van der Waals surface area contributed by atoms with Crippen molar-refractivity contribution in [3.8, 4) is 0 Å². The van der Waals surface area contributed by atoms with Gasteiger partial charge in [0.1, 0.15) is 12.7 Å². The van der Waals surface area contributed by atoms with Gasteiger partial charge in [0.2, 0.25) is 0 Å². The van der Waals surface area contributed by atoms with Gasteiger partial charge in [0.05, 0.1) is 0 Å². The summed E-state index contributed by atoms with van der Waals surface area (Å²) in [6, 6.07) is 18.3. The topological polar surface area (TPSA) is 30.7 Å². The SMILES string of the molecule is CC(C)(CC(=Cc1ccc(Cl)cc1)n1cncn1)c1ccccc1. The molecule has 3 aromatic rings. The van der Waals surface area contributed by atoms with Crippen molar-refractivity contribution in [1.82, 2.24) is 14.8 Å². The molecule has 3 rings (SSSR count). The van der Waals surface area contributed by atoms with Gasteiger partial charge in [-0.3, -0.25) is 0 Å². The van der Waals surface area contributed by atoms with Gasteiger partial charge in [-0.1, -0.05) is 67.9 Å². The van der Waals surface area contributed by atoms with E-state index in [1.54, 1.807) is 12.7 Å². The van der Waals surface area contributed by atoms with E-state index >= 15 is 0 Å². The zero-order valence-electron chi connectivity index (χ0n) is 13.9. The Labute approximate surface area is 147 Å². The molecule has 0 saturated carbocycles. The van der Waals surface area contributed by atoms with E-state index in [0.29, 0.717) is 0 Å². The second kappa shape index (κ2) is 7.02. The maximum atomic E-state index is 5.99. The maximum absolute atomic E-state index is 5.99. The largest absolute Gasteiger partial charge is 0.225 e. The van der Waals surface area contributed by atoms with Crippen LogP contribution in [0.2, 0.25) is 5.02 Å². The van der Waals surface area contributed by atoms with Crippen LogP contribution in [0.25, 0.3) is 11.8 Å². The van der Waals surface area contributed by atoms with E-state index in [9.17, 15) is 0 Å². The van der Waals surface area contributed by atoms with Crippen molar-refractivity contribution in [2.45, 2.75) is 25.7 Å². The molecule has 0 aliphatic carbocycles. The lowest BCUT2D eigenvalue weighted by Gasteiger charge is -2.26. The fraction of sp³-hybridized carbons (Fsp3) is 0.200. The molecule has 0 radical (unpaired) electrons. The van der Waals surface area contributed by atoms with Crippen LogP contribution < -0.4 is 0 Å². The molecule has 0 fully saturated rings. The Morgan fingerprint density at radius 2 is 1.79 bits per heavy atom. The van der Waals surface area contributed by atoms with Crippen molar-refractivity contribution in [2.75, 3.05) is 0 Å². The summed E-state index contributed by atoms with van der Waals surface area (Å²) < 4.78 is 1.83. The van der Waals surface area contributed by atoms with Crippen LogP contribution in [-0.2, 0) is 5.41 Å². The van der Waals surface area contributed by atoms with Gasteiger partial charge in [0.25, 0.3) is 0 Å². The molecule has 0 unspecified atom stereocenters. The Morgan fingerprint density at radius 3 is 2.42 bits per heavy atom. The van der Waals surface area contributed by atoms with Crippen LogP contribution >= 0.6 is 11.6 Å². The van der Waals surface area contributed by atoms with Crippen molar-refractivity contribution >= 4 is 23.4 Å². The second-order valence-electron chi connectivity index (χ2n) is 6.45. The lowest BCUT2D eigenvalue weighted by Crippen LogP contribution is -2.19. The number of nitrogens with zero attached hydrogens (tertiary/aromatic N) is 3. The Kier molecular flexibility index (Phi) is 4.81. The minimum Gasteiger partial charge on any atom is -0.225 e. The highest BCUT2D eigenvalue weighted by Gasteiger charge is 2.23. The number of benzene rings is 2. The molecule has 0 aliphatic rings. The van der Waals surface area contributed by atoms with Crippen molar-refractivity contribution in [2.24, 2.45) is 0 Å². The third-order valence-corrected chi connectivity index (χ3v) is 4.35. The van der Waals surface area contributed by atoms with Gasteiger partial charge in [-0.15, -0.1) is 0 Å². The molecule has 1 aromatic heterocycles. The maximum Gasteiger partial charge on any atom is 0.138 e. The first-order chi connectivity index (χ1) is 11.5. The zero-order chi connectivity index (χ0) is 17.0. The summed E-state index contributed by atoms with van der Waals surface area (Å²) in [5.41, 5.74) is 3.45. The van der Waals surface area contributed by atoms with E-state index in [0.717, 1.165) is 22.7 Å². The van der Waals surface area contributed by atoms with E-state index < -0.39 is 0 Å². The molecule has 122 valence electrons. The highest BCUT2D eigenvalue weighted by Crippen LogP contribution is 2.32. The Balaban J connectivity index is 1.96. The number of halogens is 1. The van der Waals surface area contributed by atoms with E-state index in [2.05, 4.69) is 54.3 Å². The van der Waals surface area contributed by atoms with E-state index in [1.165, 1.54) is 5.56 Å². The van der Waals surface area contributed by atoms with Gasteiger partial charge in [-0.25, -0.2) is 9.67 Å². The molecule has 0 saturated heterocycles. The minimum absolute atomic E-state index is 0.0224. The lowest BCUT2D eigenvalue weighted by molar-refractivity contribution is 0.529. The molecule has 4 heteroatoms. The lowest BCUT2D eigenvalue weighted by atomic mass is 9.80. The van der Waals surface area contributed by atoms with Crippen LogP contribution in [0.1, 0.15) is 31.4 Å². The number of aromatic nitrogens is 3. The molecule has 0 spiro atoms. The number of hydrogen-bond acceptors (Lipinski definition) is 2. The van der Waals surface area contributed by atoms with Gasteiger partial charge in [0.15, 0.2) is 0 Å². The quantitative estimate of drug-likeness (QED) is 0.632. The van der Waals surface area contributed by atoms with Crippen molar-refractivity contribution in [3.63, 3.8) is 0 Å². The summed E-state index contributed by atoms with van der Waals surface area (Å²) in [4.78, 5) is 4.09. The number of allylic oxidation sites excluding steroid dienone is 1. The highest BCUT2D eigenvalue weighted by molar-refractivity contribution is 6.30.